The van der Waals surface area contributed by atoms with E-state index in [0.717, 1.165) is 0 Å². The number of benzene rings is 2. The number of pyridine rings is 1. The number of anilines is 1. The number of rotatable bonds is 3. The third kappa shape index (κ3) is 3.29. The van der Waals surface area contributed by atoms with Crippen LogP contribution in [0.5, 0.6) is 0 Å². The maximum atomic E-state index is 12.7. The number of fused-ring (bicyclic) bond motifs is 1. The summed E-state index contributed by atoms with van der Waals surface area (Å²) in [5, 5.41) is 11.2. The first-order valence-electron chi connectivity index (χ1n) is 7.22. The van der Waals surface area contributed by atoms with Crippen LogP contribution in [-0.4, -0.2) is 29.0 Å². The van der Waals surface area contributed by atoms with E-state index in [0.29, 0.717) is 32.1 Å². The number of halogens is 2. The van der Waals surface area contributed by atoms with E-state index in [4.69, 9.17) is 23.2 Å². The molecule has 7 heteroatoms. The van der Waals surface area contributed by atoms with Crippen molar-refractivity contribution in [1.82, 2.24) is 4.98 Å². The summed E-state index contributed by atoms with van der Waals surface area (Å²) in [4.78, 5) is 29.4. The second-order valence-electron chi connectivity index (χ2n) is 5.39. The minimum atomic E-state index is -1.11. The highest BCUT2D eigenvalue weighted by atomic mass is 35.5. The zero-order valence-corrected chi connectivity index (χ0v) is 14.5. The highest BCUT2D eigenvalue weighted by Crippen LogP contribution is 2.36. The maximum absolute atomic E-state index is 12.7. The third-order valence-corrected chi connectivity index (χ3v) is 4.30. The van der Waals surface area contributed by atoms with Gasteiger partial charge in [0.05, 0.1) is 16.3 Å². The molecule has 0 spiro atoms. The largest absolute Gasteiger partial charge is 0.478 e. The summed E-state index contributed by atoms with van der Waals surface area (Å²) in [6, 6.07) is 9.23. The zero-order valence-electron chi connectivity index (χ0n) is 13.0. The van der Waals surface area contributed by atoms with Gasteiger partial charge in [-0.25, -0.2) is 4.79 Å². The molecule has 0 aliphatic heterocycles. The quantitative estimate of drug-likeness (QED) is 0.731. The van der Waals surface area contributed by atoms with Gasteiger partial charge in [0.2, 0.25) is 0 Å². The number of aromatic carboxylic acids is 1. The topological polar surface area (TPSA) is 70.5 Å². The summed E-state index contributed by atoms with van der Waals surface area (Å²) < 4.78 is 0. The highest BCUT2D eigenvalue weighted by molar-refractivity contribution is 6.40. The minimum absolute atomic E-state index is 0.0372. The fourth-order valence-electron chi connectivity index (χ4n) is 2.59. The molecule has 5 nitrogen and oxygen atoms in total. The van der Waals surface area contributed by atoms with E-state index >= 15 is 0 Å². The molecule has 3 rings (SSSR count). The molecule has 0 aliphatic rings. The molecule has 0 unspecified atom stereocenters. The van der Waals surface area contributed by atoms with E-state index in [9.17, 15) is 14.7 Å². The molecule has 0 radical (unpaired) electrons. The molecule has 0 fully saturated rings. The summed E-state index contributed by atoms with van der Waals surface area (Å²) in [6.07, 6.45) is 3.03. The van der Waals surface area contributed by atoms with Crippen LogP contribution >= 0.6 is 23.2 Å². The number of carbonyl (C=O) groups is 2. The van der Waals surface area contributed by atoms with Gasteiger partial charge >= 0.3 is 5.97 Å². The van der Waals surface area contributed by atoms with Gasteiger partial charge in [0.1, 0.15) is 0 Å². The molecule has 2 aromatic carbocycles. The van der Waals surface area contributed by atoms with E-state index in [2.05, 4.69) is 4.98 Å². The first-order chi connectivity index (χ1) is 11.9. The Balaban J connectivity index is 2.23. The SMILES string of the molecule is CN(C(=O)c1ccncc1)c1cc(C(=O)O)cc2cc(Cl)cc(Cl)c12. The van der Waals surface area contributed by atoms with Crippen LogP contribution in [0.3, 0.4) is 0 Å². The zero-order chi connectivity index (χ0) is 18.1. The van der Waals surface area contributed by atoms with Crippen molar-refractivity contribution in [2.45, 2.75) is 0 Å². The number of carboxylic acid groups (broad SMARTS) is 1. The lowest BCUT2D eigenvalue weighted by Gasteiger charge is -2.21. The minimum Gasteiger partial charge on any atom is -0.478 e. The Bertz CT molecular complexity index is 991. The Kier molecular flexibility index (Phi) is 4.61. The van der Waals surface area contributed by atoms with Gasteiger partial charge in [-0.3, -0.25) is 9.78 Å². The van der Waals surface area contributed by atoms with Crippen molar-refractivity contribution in [3.63, 3.8) is 0 Å². The van der Waals surface area contributed by atoms with Gasteiger partial charge < -0.3 is 10.0 Å². The van der Waals surface area contributed by atoms with Crippen LogP contribution in [0.2, 0.25) is 10.0 Å². The van der Waals surface area contributed by atoms with Gasteiger partial charge in [-0.1, -0.05) is 23.2 Å². The second kappa shape index (κ2) is 6.70. The van der Waals surface area contributed by atoms with Crippen molar-refractivity contribution >= 4 is 51.5 Å². The molecular formula is C18H12Cl2N2O3. The monoisotopic (exact) mass is 374 g/mol. The maximum Gasteiger partial charge on any atom is 0.335 e. The first-order valence-corrected chi connectivity index (χ1v) is 7.98. The molecule has 0 bridgehead atoms. The van der Waals surface area contributed by atoms with Crippen molar-refractivity contribution in [2.75, 3.05) is 11.9 Å². The summed E-state index contributed by atoms with van der Waals surface area (Å²) >= 11 is 12.3. The Morgan fingerprint density at radius 2 is 1.72 bits per heavy atom. The first kappa shape index (κ1) is 17.2. The van der Waals surface area contributed by atoms with Crippen LogP contribution in [0.25, 0.3) is 10.8 Å². The van der Waals surface area contributed by atoms with Crippen LogP contribution in [0.15, 0.2) is 48.8 Å². The molecule has 0 aliphatic carbocycles. The average molecular weight is 375 g/mol. The number of amides is 1. The fraction of sp³-hybridized carbons (Fsp3) is 0.0556. The average Bonchev–Trinajstić information content (AvgIpc) is 2.59. The Hall–Kier alpha value is -2.63. The molecular weight excluding hydrogens is 363 g/mol. The van der Waals surface area contributed by atoms with Gasteiger partial charge in [0.15, 0.2) is 0 Å². The van der Waals surface area contributed by atoms with E-state index in [-0.39, 0.29) is 11.5 Å². The van der Waals surface area contributed by atoms with E-state index < -0.39 is 5.97 Å². The standard InChI is InChI=1S/C18H12Cl2N2O3/c1-22(17(23)10-2-4-21-5-3-10)15-8-12(18(24)25)6-11-7-13(19)9-14(20)16(11)15/h2-9H,1H3,(H,24,25). The lowest BCUT2D eigenvalue weighted by Crippen LogP contribution is -2.26. The van der Waals surface area contributed by atoms with Crippen molar-refractivity contribution < 1.29 is 14.7 Å². The summed E-state index contributed by atoms with van der Waals surface area (Å²) in [5.74, 6) is -1.42. The van der Waals surface area contributed by atoms with Crippen LogP contribution in [-0.2, 0) is 0 Å². The van der Waals surface area contributed by atoms with Crippen LogP contribution in [0, 0.1) is 0 Å². The molecule has 25 heavy (non-hydrogen) atoms. The van der Waals surface area contributed by atoms with Crippen LogP contribution < -0.4 is 4.90 Å². The predicted molar refractivity (Wildman–Crippen MR) is 97.9 cm³/mol. The summed E-state index contributed by atoms with van der Waals surface area (Å²) in [6.45, 7) is 0. The van der Waals surface area contributed by atoms with Gasteiger partial charge in [-0.15, -0.1) is 0 Å². The van der Waals surface area contributed by atoms with Crippen molar-refractivity contribution in [3.05, 3.63) is 70.0 Å². The van der Waals surface area contributed by atoms with E-state index in [1.807, 2.05) is 0 Å². The molecule has 0 saturated heterocycles. The van der Waals surface area contributed by atoms with Gasteiger partial charge in [-0.2, -0.15) is 0 Å². The molecule has 0 saturated carbocycles. The van der Waals surface area contributed by atoms with Crippen molar-refractivity contribution in [3.8, 4) is 0 Å². The number of hydrogen-bond donors (Lipinski definition) is 1. The van der Waals surface area contributed by atoms with Gasteiger partial charge in [0, 0.05) is 35.4 Å². The molecule has 0 atom stereocenters. The molecule has 126 valence electrons. The lowest BCUT2D eigenvalue weighted by atomic mass is 10.0. The molecule has 1 amide bonds. The Morgan fingerprint density at radius 3 is 2.36 bits per heavy atom. The number of nitrogens with zero attached hydrogens (tertiary/aromatic N) is 2. The van der Waals surface area contributed by atoms with Crippen LogP contribution in [0.4, 0.5) is 5.69 Å². The molecule has 1 heterocycles. The number of aromatic nitrogens is 1. The van der Waals surface area contributed by atoms with Crippen molar-refractivity contribution in [2.24, 2.45) is 0 Å². The number of carboxylic acids is 1. The number of hydrogen-bond acceptors (Lipinski definition) is 3. The van der Waals surface area contributed by atoms with E-state index in [1.54, 1.807) is 31.3 Å². The Morgan fingerprint density at radius 1 is 1.04 bits per heavy atom. The number of carbonyl (C=O) groups excluding carboxylic acids is 1. The third-order valence-electron chi connectivity index (χ3n) is 3.79. The van der Waals surface area contributed by atoms with Crippen LogP contribution in [0.1, 0.15) is 20.7 Å². The molecule has 1 aromatic heterocycles. The normalized spacial score (nSPS) is 10.7. The Labute approximate surface area is 153 Å². The summed E-state index contributed by atoms with van der Waals surface area (Å²) in [7, 11) is 1.56. The van der Waals surface area contributed by atoms with Crippen molar-refractivity contribution in [1.29, 1.82) is 0 Å². The van der Waals surface area contributed by atoms with E-state index in [1.165, 1.54) is 29.4 Å². The second-order valence-corrected chi connectivity index (χ2v) is 6.23. The highest BCUT2D eigenvalue weighted by Gasteiger charge is 2.20. The van der Waals surface area contributed by atoms with Gasteiger partial charge in [0.25, 0.3) is 5.91 Å². The van der Waals surface area contributed by atoms with Gasteiger partial charge in [-0.05, 0) is 41.8 Å². The fourth-order valence-corrected chi connectivity index (χ4v) is 3.20. The summed E-state index contributed by atoms with van der Waals surface area (Å²) in [5.41, 5.74) is 0.852. The predicted octanol–water partition coefficient (Wildman–Crippen LogP) is 4.52. The smallest absolute Gasteiger partial charge is 0.335 e. The molecule has 3 aromatic rings. The molecule has 1 N–H and O–H groups in total. The lowest BCUT2D eigenvalue weighted by molar-refractivity contribution is 0.0696.